The molecule has 112 valence electrons. The Hall–Kier alpha value is -1.69. The van der Waals surface area contributed by atoms with Crippen LogP contribution in [0.15, 0.2) is 76.1 Å². The van der Waals surface area contributed by atoms with E-state index in [1.54, 1.807) is 24.3 Å². The third-order valence-corrected chi connectivity index (χ3v) is 5.35. The zero-order valence-corrected chi connectivity index (χ0v) is 14.1. The Kier molecular flexibility index (Phi) is 4.29. The maximum absolute atomic E-state index is 12.3. The molecule has 0 saturated heterocycles. The first kappa shape index (κ1) is 15.2. The fourth-order valence-electron chi connectivity index (χ4n) is 2.22. The van der Waals surface area contributed by atoms with E-state index < -0.39 is 10.0 Å². The van der Waals surface area contributed by atoms with Crippen LogP contribution in [-0.2, 0) is 16.6 Å². The van der Waals surface area contributed by atoms with Crippen molar-refractivity contribution >= 4 is 36.7 Å². The summed E-state index contributed by atoms with van der Waals surface area (Å²) in [5.41, 5.74) is 0.930. The molecule has 0 atom stereocenters. The summed E-state index contributed by atoms with van der Waals surface area (Å²) in [6.45, 7) is 0.267. The maximum atomic E-state index is 12.3. The molecule has 0 radical (unpaired) electrons. The van der Waals surface area contributed by atoms with E-state index in [2.05, 4.69) is 20.7 Å². The topological polar surface area (TPSA) is 46.2 Å². The fraction of sp³-hybridized carbons (Fsp3) is 0.0588. The molecular weight excluding hydrogens is 362 g/mol. The number of fused-ring (bicyclic) bond motifs is 1. The molecule has 0 amide bonds. The number of halogens is 1. The molecule has 5 heteroatoms. The van der Waals surface area contributed by atoms with Crippen molar-refractivity contribution in [2.45, 2.75) is 11.4 Å². The summed E-state index contributed by atoms with van der Waals surface area (Å²) < 4.78 is 28.0. The Labute approximate surface area is 138 Å². The average molecular weight is 376 g/mol. The van der Waals surface area contributed by atoms with E-state index in [1.807, 2.05) is 42.5 Å². The third-order valence-electron chi connectivity index (χ3n) is 3.40. The Morgan fingerprint density at radius 1 is 0.864 bits per heavy atom. The highest BCUT2D eigenvalue weighted by Crippen LogP contribution is 2.17. The van der Waals surface area contributed by atoms with E-state index >= 15 is 0 Å². The van der Waals surface area contributed by atoms with Crippen molar-refractivity contribution in [2.24, 2.45) is 0 Å². The molecule has 0 aliphatic rings. The summed E-state index contributed by atoms with van der Waals surface area (Å²) in [5, 5.41) is 2.24. The van der Waals surface area contributed by atoms with Crippen molar-refractivity contribution < 1.29 is 8.42 Å². The van der Waals surface area contributed by atoms with Gasteiger partial charge in [0.05, 0.1) is 4.90 Å². The van der Waals surface area contributed by atoms with Crippen LogP contribution >= 0.6 is 15.9 Å². The molecule has 0 spiro atoms. The monoisotopic (exact) mass is 375 g/mol. The van der Waals surface area contributed by atoms with Crippen LogP contribution in [0.4, 0.5) is 0 Å². The van der Waals surface area contributed by atoms with Gasteiger partial charge in [-0.25, -0.2) is 13.1 Å². The lowest BCUT2D eigenvalue weighted by Crippen LogP contribution is -2.23. The molecule has 0 unspecified atom stereocenters. The summed E-state index contributed by atoms with van der Waals surface area (Å²) >= 11 is 3.30. The normalized spacial score (nSPS) is 11.7. The lowest BCUT2D eigenvalue weighted by Gasteiger charge is -2.08. The molecule has 3 nitrogen and oxygen atoms in total. The second kappa shape index (κ2) is 6.20. The quantitative estimate of drug-likeness (QED) is 0.746. The van der Waals surface area contributed by atoms with Gasteiger partial charge in [-0.05, 0) is 46.7 Å². The van der Waals surface area contributed by atoms with Gasteiger partial charge in [0.2, 0.25) is 10.0 Å². The van der Waals surface area contributed by atoms with Gasteiger partial charge in [0, 0.05) is 11.0 Å². The van der Waals surface area contributed by atoms with Crippen LogP contribution in [0.2, 0.25) is 0 Å². The Balaban J connectivity index is 1.79. The highest BCUT2D eigenvalue weighted by molar-refractivity contribution is 9.10. The van der Waals surface area contributed by atoms with Gasteiger partial charge in [-0.15, -0.1) is 0 Å². The van der Waals surface area contributed by atoms with Gasteiger partial charge in [0.1, 0.15) is 0 Å². The van der Waals surface area contributed by atoms with Crippen LogP contribution in [0, 0.1) is 0 Å². The molecule has 1 N–H and O–H groups in total. The van der Waals surface area contributed by atoms with E-state index in [1.165, 1.54) is 0 Å². The van der Waals surface area contributed by atoms with Gasteiger partial charge in [-0.1, -0.05) is 52.3 Å². The smallest absolute Gasteiger partial charge is 0.207 e. The highest BCUT2D eigenvalue weighted by Gasteiger charge is 2.13. The SMILES string of the molecule is O=S(=O)(NCc1ccc2ccccc2c1)c1ccc(Br)cc1. The van der Waals surface area contributed by atoms with Crippen molar-refractivity contribution in [3.8, 4) is 0 Å². The Morgan fingerprint density at radius 2 is 1.55 bits per heavy atom. The standard InChI is InChI=1S/C17H14BrNO2S/c18-16-7-9-17(10-8-16)22(20,21)19-12-13-5-6-14-3-1-2-4-15(14)11-13/h1-11,19H,12H2. The van der Waals surface area contributed by atoms with E-state index in [0.29, 0.717) is 0 Å². The lowest BCUT2D eigenvalue weighted by molar-refractivity contribution is 0.581. The van der Waals surface area contributed by atoms with Gasteiger partial charge >= 0.3 is 0 Å². The zero-order chi connectivity index (χ0) is 15.6. The number of rotatable bonds is 4. The number of sulfonamides is 1. The molecule has 0 bridgehead atoms. The summed E-state index contributed by atoms with van der Waals surface area (Å²) in [7, 11) is -3.50. The van der Waals surface area contributed by atoms with Gasteiger partial charge in [0.25, 0.3) is 0 Å². The van der Waals surface area contributed by atoms with E-state index in [0.717, 1.165) is 20.8 Å². The first-order valence-corrected chi connectivity index (χ1v) is 9.05. The second-order valence-electron chi connectivity index (χ2n) is 4.96. The van der Waals surface area contributed by atoms with E-state index in [9.17, 15) is 8.42 Å². The van der Waals surface area contributed by atoms with Crippen molar-refractivity contribution in [1.82, 2.24) is 4.72 Å². The number of hydrogen-bond acceptors (Lipinski definition) is 2. The average Bonchev–Trinajstić information content (AvgIpc) is 2.53. The minimum absolute atomic E-state index is 0.261. The molecule has 3 aromatic rings. The summed E-state index contributed by atoms with van der Waals surface area (Å²) in [6, 6.07) is 20.5. The van der Waals surface area contributed by atoms with Crippen molar-refractivity contribution in [3.63, 3.8) is 0 Å². The lowest BCUT2D eigenvalue weighted by atomic mass is 10.1. The summed E-state index contributed by atoms with van der Waals surface area (Å²) in [4.78, 5) is 0.261. The van der Waals surface area contributed by atoms with E-state index in [4.69, 9.17) is 0 Å². The minimum atomic E-state index is -3.50. The molecule has 0 saturated carbocycles. The second-order valence-corrected chi connectivity index (χ2v) is 7.64. The summed E-state index contributed by atoms with van der Waals surface area (Å²) in [6.07, 6.45) is 0. The predicted octanol–water partition coefficient (Wildman–Crippen LogP) is 4.08. The van der Waals surface area contributed by atoms with Crippen molar-refractivity contribution in [2.75, 3.05) is 0 Å². The third kappa shape index (κ3) is 3.38. The van der Waals surface area contributed by atoms with Gasteiger partial charge in [-0.3, -0.25) is 0 Å². The molecule has 0 heterocycles. The highest BCUT2D eigenvalue weighted by atomic mass is 79.9. The largest absolute Gasteiger partial charge is 0.240 e. The van der Waals surface area contributed by atoms with Gasteiger partial charge < -0.3 is 0 Å². The molecule has 0 fully saturated rings. The molecule has 22 heavy (non-hydrogen) atoms. The van der Waals surface area contributed by atoms with Crippen molar-refractivity contribution in [1.29, 1.82) is 0 Å². The van der Waals surface area contributed by atoms with Crippen LogP contribution in [-0.4, -0.2) is 8.42 Å². The van der Waals surface area contributed by atoms with Gasteiger partial charge in [-0.2, -0.15) is 0 Å². The van der Waals surface area contributed by atoms with Crippen molar-refractivity contribution in [3.05, 3.63) is 76.8 Å². The maximum Gasteiger partial charge on any atom is 0.240 e. The molecule has 0 aliphatic heterocycles. The minimum Gasteiger partial charge on any atom is -0.207 e. The van der Waals surface area contributed by atoms with Crippen LogP contribution in [0.3, 0.4) is 0 Å². The van der Waals surface area contributed by atoms with Crippen LogP contribution in [0.25, 0.3) is 10.8 Å². The first-order chi connectivity index (χ1) is 10.5. The fourth-order valence-corrected chi connectivity index (χ4v) is 3.51. The predicted molar refractivity (Wildman–Crippen MR) is 92.1 cm³/mol. The van der Waals surface area contributed by atoms with Crippen LogP contribution in [0.5, 0.6) is 0 Å². The molecular formula is C17H14BrNO2S. The first-order valence-electron chi connectivity index (χ1n) is 6.77. The van der Waals surface area contributed by atoms with Gasteiger partial charge in [0.15, 0.2) is 0 Å². The zero-order valence-electron chi connectivity index (χ0n) is 11.7. The summed E-state index contributed by atoms with van der Waals surface area (Å²) in [5.74, 6) is 0. The number of hydrogen-bond donors (Lipinski definition) is 1. The molecule has 3 rings (SSSR count). The number of nitrogens with one attached hydrogen (secondary N) is 1. The number of benzene rings is 3. The molecule has 3 aromatic carbocycles. The molecule has 0 aliphatic carbocycles. The Morgan fingerprint density at radius 3 is 2.27 bits per heavy atom. The molecule has 0 aromatic heterocycles. The van der Waals surface area contributed by atoms with Crippen LogP contribution < -0.4 is 4.72 Å². The van der Waals surface area contributed by atoms with E-state index in [-0.39, 0.29) is 11.4 Å². The van der Waals surface area contributed by atoms with Crippen LogP contribution in [0.1, 0.15) is 5.56 Å². The Bertz CT molecular complexity index is 905.